The van der Waals surface area contributed by atoms with E-state index in [0.717, 1.165) is 12.8 Å². The lowest BCUT2D eigenvalue weighted by Gasteiger charge is -2.29. The first-order valence-corrected chi connectivity index (χ1v) is 6.81. The summed E-state index contributed by atoms with van der Waals surface area (Å²) < 4.78 is 27.4. The highest BCUT2D eigenvalue weighted by Crippen LogP contribution is 2.17. The van der Waals surface area contributed by atoms with Gasteiger partial charge in [-0.1, -0.05) is 25.1 Å². The summed E-state index contributed by atoms with van der Waals surface area (Å²) in [6.45, 7) is 6.77. The molecule has 1 atom stereocenters. The van der Waals surface area contributed by atoms with Crippen molar-refractivity contribution < 1.29 is 8.42 Å². The summed E-state index contributed by atoms with van der Waals surface area (Å²) in [5.41, 5.74) is 0. The van der Waals surface area contributed by atoms with Crippen LogP contribution in [0.2, 0.25) is 0 Å². The van der Waals surface area contributed by atoms with Crippen LogP contribution in [0.25, 0.3) is 0 Å². The maximum absolute atomic E-state index is 11.8. The molecule has 0 radical (unpaired) electrons. The van der Waals surface area contributed by atoms with Gasteiger partial charge in [0, 0.05) is 24.7 Å². The van der Waals surface area contributed by atoms with E-state index in [-0.39, 0.29) is 6.54 Å². The lowest BCUT2D eigenvalue weighted by molar-refractivity contribution is 0.278. The van der Waals surface area contributed by atoms with Crippen molar-refractivity contribution in [2.45, 2.75) is 19.8 Å². The number of nitrogens with zero attached hydrogens (tertiary/aromatic N) is 1. The van der Waals surface area contributed by atoms with Gasteiger partial charge in [-0.15, -0.1) is 0 Å². The molecule has 0 aromatic carbocycles. The lowest BCUT2D eigenvalue weighted by Crippen LogP contribution is -2.45. The van der Waals surface area contributed by atoms with Gasteiger partial charge in [-0.05, 0) is 18.8 Å². The molecule has 0 bridgehead atoms. The normalized spacial score (nSPS) is 24.0. The van der Waals surface area contributed by atoms with Crippen LogP contribution in [0.1, 0.15) is 19.8 Å². The molecule has 0 aromatic heterocycles. The first-order chi connectivity index (χ1) is 6.92. The first-order valence-electron chi connectivity index (χ1n) is 5.00. The molecule has 0 aliphatic carbocycles. The van der Waals surface area contributed by atoms with Gasteiger partial charge >= 0.3 is 0 Å². The van der Waals surface area contributed by atoms with Gasteiger partial charge in [0.2, 0.25) is 0 Å². The third-order valence-electron chi connectivity index (χ3n) is 2.41. The molecule has 1 aliphatic rings. The summed E-state index contributed by atoms with van der Waals surface area (Å²) in [6.07, 6.45) is 2.01. The van der Waals surface area contributed by atoms with Crippen LogP contribution in [0.3, 0.4) is 0 Å². The fourth-order valence-electron chi connectivity index (χ4n) is 1.63. The summed E-state index contributed by atoms with van der Waals surface area (Å²) in [5.74, 6) is 0.425. The molecule has 0 spiro atoms. The van der Waals surface area contributed by atoms with Crippen LogP contribution in [-0.2, 0) is 10.2 Å². The second-order valence-electron chi connectivity index (χ2n) is 3.95. The molecule has 4 nitrogen and oxygen atoms in total. The van der Waals surface area contributed by atoms with Gasteiger partial charge in [0.05, 0.1) is 0 Å². The largest absolute Gasteiger partial charge is 0.279 e. The second kappa shape index (κ2) is 5.30. The van der Waals surface area contributed by atoms with Crippen molar-refractivity contribution in [3.63, 3.8) is 0 Å². The zero-order valence-corrected chi connectivity index (χ0v) is 10.4. The highest BCUT2D eigenvalue weighted by atomic mass is 35.5. The predicted octanol–water partition coefficient (Wildman–Crippen LogP) is 1.31. The molecule has 1 unspecified atom stereocenters. The molecule has 0 aromatic rings. The average Bonchev–Trinajstić information content (AvgIpc) is 2.15. The minimum Gasteiger partial charge on any atom is -0.197 e. The molecule has 1 aliphatic heterocycles. The van der Waals surface area contributed by atoms with Crippen LogP contribution >= 0.6 is 11.6 Å². The van der Waals surface area contributed by atoms with Gasteiger partial charge in [-0.25, -0.2) is 0 Å². The minimum absolute atomic E-state index is 0.0920. The van der Waals surface area contributed by atoms with Crippen LogP contribution in [0.5, 0.6) is 0 Å². The summed E-state index contributed by atoms with van der Waals surface area (Å²) >= 11 is 5.51. The van der Waals surface area contributed by atoms with E-state index in [9.17, 15) is 8.42 Å². The molecule has 1 saturated heterocycles. The summed E-state index contributed by atoms with van der Waals surface area (Å²) in [4.78, 5) is 0. The van der Waals surface area contributed by atoms with Crippen LogP contribution in [-0.4, -0.2) is 32.4 Å². The molecule has 1 heterocycles. The monoisotopic (exact) mass is 252 g/mol. The number of hydrogen-bond donors (Lipinski definition) is 1. The van der Waals surface area contributed by atoms with E-state index in [4.69, 9.17) is 11.6 Å². The number of nitrogens with one attached hydrogen (secondary N) is 1. The molecule has 6 heteroatoms. The number of rotatable bonds is 4. The van der Waals surface area contributed by atoms with E-state index in [1.807, 2.05) is 0 Å². The van der Waals surface area contributed by atoms with E-state index in [2.05, 4.69) is 18.2 Å². The Bertz CT molecular complexity index is 329. The van der Waals surface area contributed by atoms with Gasteiger partial charge in [-0.2, -0.15) is 17.4 Å². The van der Waals surface area contributed by atoms with Crippen molar-refractivity contribution in [1.29, 1.82) is 0 Å². The Kier molecular flexibility index (Phi) is 4.58. The molecular formula is C9H17ClN2O2S. The summed E-state index contributed by atoms with van der Waals surface area (Å²) in [6, 6.07) is 0. The van der Waals surface area contributed by atoms with Gasteiger partial charge in [-0.3, -0.25) is 0 Å². The van der Waals surface area contributed by atoms with Crippen LogP contribution in [0, 0.1) is 5.92 Å². The Balaban J connectivity index is 2.56. The molecule has 1 fully saturated rings. The van der Waals surface area contributed by atoms with Gasteiger partial charge < -0.3 is 0 Å². The zero-order chi connectivity index (χ0) is 11.5. The Morgan fingerprint density at radius 3 is 2.87 bits per heavy atom. The lowest BCUT2D eigenvalue weighted by atomic mass is 10.0. The quantitative estimate of drug-likeness (QED) is 0.820. The summed E-state index contributed by atoms with van der Waals surface area (Å²) in [5, 5.41) is 0.295. The van der Waals surface area contributed by atoms with Crippen molar-refractivity contribution in [2.75, 3.05) is 19.6 Å². The third-order valence-corrected chi connectivity index (χ3v) is 4.06. The zero-order valence-electron chi connectivity index (χ0n) is 8.87. The highest BCUT2D eigenvalue weighted by molar-refractivity contribution is 7.87. The smallest absolute Gasteiger partial charge is 0.197 e. The fourth-order valence-corrected chi connectivity index (χ4v) is 3.13. The Hall–Kier alpha value is -0.100. The first kappa shape index (κ1) is 13.0. The molecule has 88 valence electrons. The molecule has 15 heavy (non-hydrogen) atoms. The van der Waals surface area contributed by atoms with Crippen molar-refractivity contribution in [1.82, 2.24) is 9.03 Å². The van der Waals surface area contributed by atoms with E-state index in [0.29, 0.717) is 24.0 Å². The Morgan fingerprint density at radius 2 is 2.33 bits per heavy atom. The van der Waals surface area contributed by atoms with Crippen LogP contribution in [0.15, 0.2) is 11.6 Å². The third kappa shape index (κ3) is 4.10. The predicted molar refractivity (Wildman–Crippen MR) is 61.9 cm³/mol. The molecular weight excluding hydrogens is 236 g/mol. The Labute approximate surface area is 96.5 Å². The SMILES string of the molecule is C=C(Cl)CNS(=O)(=O)N1CCCC(C)C1. The van der Waals surface area contributed by atoms with Crippen molar-refractivity contribution >= 4 is 21.8 Å². The second-order valence-corrected chi connectivity index (χ2v) is 6.24. The van der Waals surface area contributed by atoms with Crippen molar-refractivity contribution in [2.24, 2.45) is 5.92 Å². The average molecular weight is 253 g/mol. The van der Waals surface area contributed by atoms with Gasteiger partial charge in [0.25, 0.3) is 10.2 Å². The molecule has 1 N–H and O–H groups in total. The number of hydrogen-bond acceptors (Lipinski definition) is 2. The minimum atomic E-state index is -3.37. The number of piperidine rings is 1. The van der Waals surface area contributed by atoms with Gasteiger partial charge in [0.1, 0.15) is 0 Å². The van der Waals surface area contributed by atoms with E-state index < -0.39 is 10.2 Å². The Morgan fingerprint density at radius 1 is 1.67 bits per heavy atom. The molecule has 1 rings (SSSR count). The van der Waals surface area contributed by atoms with E-state index in [1.54, 1.807) is 0 Å². The highest BCUT2D eigenvalue weighted by Gasteiger charge is 2.26. The number of halogens is 1. The molecule has 0 saturated carbocycles. The summed E-state index contributed by atoms with van der Waals surface area (Å²) in [7, 11) is -3.37. The van der Waals surface area contributed by atoms with Crippen LogP contribution < -0.4 is 4.72 Å². The van der Waals surface area contributed by atoms with E-state index >= 15 is 0 Å². The van der Waals surface area contributed by atoms with Crippen LogP contribution in [0.4, 0.5) is 0 Å². The maximum atomic E-state index is 11.8. The topological polar surface area (TPSA) is 49.4 Å². The molecule has 0 amide bonds. The van der Waals surface area contributed by atoms with Crippen molar-refractivity contribution in [3.8, 4) is 0 Å². The fraction of sp³-hybridized carbons (Fsp3) is 0.778. The maximum Gasteiger partial charge on any atom is 0.279 e. The standard InChI is InChI=1S/C9H17ClN2O2S/c1-8-4-3-5-12(7-8)15(13,14)11-6-9(2)10/h8,11H,2-7H2,1H3. The van der Waals surface area contributed by atoms with E-state index in [1.165, 1.54) is 4.31 Å². The van der Waals surface area contributed by atoms with Gasteiger partial charge in [0.15, 0.2) is 0 Å². The van der Waals surface area contributed by atoms with Crippen molar-refractivity contribution in [3.05, 3.63) is 11.6 Å².